The van der Waals surface area contributed by atoms with Crippen molar-refractivity contribution in [3.63, 3.8) is 0 Å². The first kappa shape index (κ1) is 34.0. The molecule has 0 unspecified atom stereocenters. The normalized spacial score (nSPS) is 12.4. The number of ether oxygens (including phenoxy) is 5. The van der Waals surface area contributed by atoms with Crippen molar-refractivity contribution in [2.75, 3.05) is 27.9 Å². The highest BCUT2D eigenvalue weighted by Gasteiger charge is 2.29. The molecular weight excluding hydrogens is 640 g/mol. The lowest BCUT2D eigenvalue weighted by Crippen LogP contribution is -2.31. The molecule has 0 aliphatic rings. The molecule has 0 spiro atoms. The summed E-state index contributed by atoms with van der Waals surface area (Å²) >= 11 is 0. The summed E-state index contributed by atoms with van der Waals surface area (Å²) in [7, 11) is 3.99. The molecule has 0 fully saturated rings. The minimum absolute atomic E-state index is 0.0184. The van der Waals surface area contributed by atoms with E-state index in [1.807, 2.05) is 0 Å². The van der Waals surface area contributed by atoms with Crippen LogP contribution in [0.3, 0.4) is 0 Å². The average Bonchev–Trinajstić information content (AvgIpc) is 3.10. The Balaban J connectivity index is 1.51. The van der Waals surface area contributed by atoms with E-state index in [1.165, 1.54) is 94.1 Å². The Morgan fingerprint density at radius 3 is 2.12 bits per heavy atom. The quantitative estimate of drug-likeness (QED) is 0.0874. The lowest BCUT2D eigenvalue weighted by atomic mass is 10.0. The number of benzene rings is 4. The van der Waals surface area contributed by atoms with Gasteiger partial charge in [0.1, 0.15) is 29.8 Å². The second-order valence-corrected chi connectivity index (χ2v) is 10.6. The molecule has 5 rings (SSSR count). The number of carbonyl (C=O) groups excluding carboxylic acids is 1. The highest BCUT2D eigenvalue weighted by molar-refractivity contribution is 5.87. The standard InChI is InChI=1S/C36H32O13/c1-44-27-14-20(7-12-25(27)39)32(41)30(18-47-31(40)13-6-19-4-8-22(37)9-5-19)49-36-28(45-2)15-21(16-29(36)46-3)35-34(43)33(42)24-11-10-23(38)17-26(24)48-35/h4-17,30,32,37-39,41,43H,18H2,1-3H3/b13-6+/t30-,32-/m0/s1. The van der Waals surface area contributed by atoms with Gasteiger partial charge in [0.25, 0.3) is 0 Å². The third kappa shape index (κ3) is 7.47. The van der Waals surface area contributed by atoms with Crippen LogP contribution in [-0.4, -0.2) is 65.5 Å². The summed E-state index contributed by atoms with van der Waals surface area (Å²) in [6, 6.07) is 16.9. The van der Waals surface area contributed by atoms with Crippen molar-refractivity contribution >= 4 is 23.0 Å². The highest BCUT2D eigenvalue weighted by atomic mass is 16.6. The molecule has 0 bridgehead atoms. The fourth-order valence-electron chi connectivity index (χ4n) is 4.89. The van der Waals surface area contributed by atoms with Gasteiger partial charge in [0.05, 0.1) is 26.7 Å². The van der Waals surface area contributed by atoms with Gasteiger partial charge in [-0.25, -0.2) is 4.79 Å². The summed E-state index contributed by atoms with van der Waals surface area (Å²) in [6.45, 7) is -0.485. The summed E-state index contributed by atoms with van der Waals surface area (Å²) < 4.78 is 33.8. The third-order valence-electron chi connectivity index (χ3n) is 7.44. The Kier molecular flexibility index (Phi) is 10.1. The molecule has 5 aromatic rings. The Morgan fingerprint density at radius 2 is 1.47 bits per heavy atom. The van der Waals surface area contributed by atoms with E-state index in [1.54, 1.807) is 12.1 Å². The SMILES string of the molecule is COc1cc([C@H](O)[C@H](COC(=O)/C=C/c2ccc(O)cc2)Oc2c(OC)cc(-c3oc4cc(O)ccc4c(=O)c3O)cc2OC)ccc1O. The predicted molar refractivity (Wildman–Crippen MR) is 176 cm³/mol. The number of hydrogen-bond acceptors (Lipinski definition) is 13. The molecule has 4 aromatic carbocycles. The summed E-state index contributed by atoms with van der Waals surface area (Å²) in [4.78, 5) is 25.6. The van der Waals surface area contributed by atoms with Crippen LogP contribution in [0.2, 0.25) is 0 Å². The van der Waals surface area contributed by atoms with Gasteiger partial charge in [0.15, 0.2) is 34.9 Å². The average molecular weight is 673 g/mol. The van der Waals surface area contributed by atoms with Crippen LogP contribution in [0.5, 0.6) is 46.0 Å². The number of hydrogen-bond donors (Lipinski definition) is 5. The van der Waals surface area contributed by atoms with Crippen LogP contribution in [0.25, 0.3) is 28.4 Å². The molecule has 5 N–H and O–H groups in total. The van der Waals surface area contributed by atoms with Gasteiger partial charge in [-0.1, -0.05) is 18.2 Å². The van der Waals surface area contributed by atoms with Gasteiger partial charge in [0, 0.05) is 17.7 Å². The minimum atomic E-state index is -1.47. The number of phenolic OH excluding ortho intramolecular Hbond substituents is 3. The molecule has 13 nitrogen and oxygen atoms in total. The zero-order valence-corrected chi connectivity index (χ0v) is 26.4. The van der Waals surface area contributed by atoms with E-state index in [2.05, 4.69) is 0 Å². The van der Waals surface area contributed by atoms with E-state index < -0.39 is 36.0 Å². The zero-order valence-electron chi connectivity index (χ0n) is 26.4. The Labute approximate surface area is 279 Å². The van der Waals surface area contributed by atoms with E-state index in [0.29, 0.717) is 5.56 Å². The fraction of sp³-hybridized carbons (Fsp3) is 0.167. The molecule has 1 aromatic heterocycles. The molecule has 0 aliphatic carbocycles. The third-order valence-corrected chi connectivity index (χ3v) is 7.44. The molecular formula is C36H32O13. The number of aliphatic hydroxyl groups excluding tert-OH is 1. The maximum absolute atomic E-state index is 12.9. The number of phenols is 3. The number of methoxy groups -OCH3 is 3. The van der Waals surface area contributed by atoms with Gasteiger partial charge in [-0.2, -0.15) is 0 Å². The zero-order chi connectivity index (χ0) is 35.2. The van der Waals surface area contributed by atoms with Crippen molar-refractivity contribution in [3.8, 4) is 57.3 Å². The van der Waals surface area contributed by atoms with Crippen molar-refractivity contribution in [2.45, 2.75) is 12.2 Å². The Hall–Kier alpha value is -6.34. The molecule has 0 aliphatic heterocycles. The molecule has 0 saturated heterocycles. The number of aliphatic hydroxyl groups is 1. The van der Waals surface area contributed by atoms with Gasteiger partial charge in [-0.05, 0) is 65.7 Å². The second-order valence-electron chi connectivity index (χ2n) is 10.6. The molecule has 49 heavy (non-hydrogen) atoms. The summed E-state index contributed by atoms with van der Waals surface area (Å²) in [5.74, 6) is -1.88. The molecule has 0 amide bonds. The predicted octanol–water partition coefficient (Wildman–Crippen LogP) is 5.05. The van der Waals surface area contributed by atoms with Gasteiger partial charge < -0.3 is 53.6 Å². The van der Waals surface area contributed by atoms with Crippen LogP contribution in [0.15, 0.2) is 88.1 Å². The van der Waals surface area contributed by atoms with E-state index in [4.69, 9.17) is 28.1 Å². The summed E-state index contributed by atoms with van der Waals surface area (Å²) in [5.41, 5.74) is 0.301. The van der Waals surface area contributed by atoms with Crippen LogP contribution < -0.4 is 24.4 Å². The summed E-state index contributed by atoms with van der Waals surface area (Å²) in [6.07, 6.45) is -0.124. The Morgan fingerprint density at radius 1 is 0.816 bits per heavy atom. The molecule has 254 valence electrons. The molecule has 2 atom stereocenters. The molecule has 1 heterocycles. The van der Waals surface area contributed by atoms with Crippen molar-refractivity contribution in [1.29, 1.82) is 0 Å². The number of aromatic hydroxyl groups is 4. The van der Waals surface area contributed by atoms with Crippen molar-refractivity contribution in [2.24, 2.45) is 0 Å². The number of rotatable bonds is 12. The van der Waals surface area contributed by atoms with Gasteiger partial charge in [-0.3, -0.25) is 4.79 Å². The van der Waals surface area contributed by atoms with Crippen molar-refractivity contribution in [1.82, 2.24) is 0 Å². The first-order valence-electron chi connectivity index (χ1n) is 14.6. The van der Waals surface area contributed by atoms with Gasteiger partial charge in [0.2, 0.25) is 16.9 Å². The van der Waals surface area contributed by atoms with Crippen LogP contribution in [-0.2, 0) is 9.53 Å². The van der Waals surface area contributed by atoms with Gasteiger partial charge >= 0.3 is 5.97 Å². The van der Waals surface area contributed by atoms with Crippen LogP contribution >= 0.6 is 0 Å². The lowest BCUT2D eigenvalue weighted by Gasteiger charge is -2.26. The van der Waals surface area contributed by atoms with E-state index in [0.717, 1.165) is 0 Å². The topological polar surface area (TPSA) is 195 Å². The molecule has 0 radical (unpaired) electrons. The molecule has 0 saturated carbocycles. The number of fused-ring (bicyclic) bond motifs is 1. The Bertz CT molecular complexity index is 2040. The lowest BCUT2D eigenvalue weighted by molar-refractivity contribution is -0.142. The number of esters is 1. The van der Waals surface area contributed by atoms with E-state index in [-0.39, 0.29) is 68.1 Å². The largest absolute Gasteiger partial charge is 0.508 e. The highest BCUT2D eigenvalue weighted by Crippen LogP contribution is 2.45. The van der Waals surface area contributed by atoms with Gasteiger partial charge in [-0.15, -0.1) is 0 Å². The minimum Gasteiger partial charge on any atom is -0.508 e. The van der Waals surface area contributed by atoms with Crippen LogP contribution in [0.1, 0.15) is 17.2 Å². The summed E-state index contributed by atoms with van der Waals surface area (Å²) in [5, 5.41) is 51.8. The van der Waals surface area contributed by atoms with Crippen LogP contribution in [0.4, 0.5) is 0 Å². The maximum Gasteiger partial charge on any atom is 0.330 e. The second kappa shape index (κ2) is 14.6. The van der Waals surface area contributed by atoms with E-state index in [9.17, 15) is 35.1 Å². The van der Waals surface area contributed by atoms with E-state index >= 15 is 0 Å². The van der Waals surface area contributed by atoms with Crippen LogP contribution in [0, 0.1) is 0 Å². The smallest absolute Gasteiger partial charge is 0.330 e. The van der Waals surface area contributed by atoms with Crippen molar-refractivity contribution < 1.29 is 58.4 Å². The monoisotopic (exact) mass is 672 g/mol. The maximum atomic E-state index is 12.9. The first-order chi connectivity index (χ1) is 23.5. The first-order valence-corrected chi connectivity index (χ1v) is 14.6. The fourth-order valence-corrected chi connectivity index (χ4v) is 4.89. The number of carbonyl (C=O) groups is 1. The molecule has 13 heteroatoms. The van der Waals surface area contributed by atoms with Crippen molar-refractivity contribution in [3.05, 3.63) is 100 Å².